The van der Waals surface area contributed by atoms with Crippen LogP contribution in [0.1, 0.15) is 120 Å². The average molecular weight is 1010 g/mol. The van der Waals surface area contributed by atoms with Gasteiger partial charge < -0.3 is 33.5 Å². The van der Waals surface area contributed by atoms with E-state index in [1.165, 1.54) is 11.0 Å². The van der Waals surface area contributed by atoms with Gasteiger partial charge in [-0.15, -0.1) is 5.54 Å². The first-order chi connectivity index (χ1) is 33.9. The third-order valence-electron chi connectivity index (χ3n) is 15.3. The van der Waals surface area contributed by atoms with E-state index in [0.717, 1.165) is 0 Å². The largest absolute Gasteiger partial charge is 0.543 e. The number of β-amino-alcohol motifs (C(OH)–C–C–N with tert-alkyl or cyclic N) is 1. The van der Waals surface area contributed by atoms with E-state index >= 15 is 8.78 Å². The van der Waals surface area contributed by atoms with Crippen molar-refractivity contribution in [3.05, 3.63) is 41.5 Å². The first-order valence-corrected chi connectivity index (χ1v) is 29.6. The van der Waals surface area contributed by atoms with E-state index in [1.807, 2.05) is 6.07 Å². The van der Waals surface area contributed by atoms with Gasteiger partial charge in [0.25, 0.3) is 8.32 Å². The number of aromatic nitrogens is 3. The molecule has 70 heavy (non-hydrogen) atoms. The zero-order chi connectivity index (χ0) is 54.3. The molecule has 0 radical (unpaired) electrons. The van der Waals surface area contributed by atoms with Gasteiger partial charge in [0.1, 0.15) is 47.7 Å². The molecule has 2 saturated heterocycles. The molecule has 3 atom stereocenters. The first-order valence-electron chi connectivity index (χ1n) is 26.7. The molecule has 6 rings (SSSR count). The highest BCUT2D eigenvalue weighted by molar-refractivity contribution is 6.90. The molecule has 1 N–H and O–H groups in total. The minimum atomic E-state index is -2.79. The number of ether oxygens (including phenoxy) is 3. The van der Waals surface area contributed by atoms with Crippen molar-refractivity contribution in [1.82, 2.24) is 19.9 Å². The summed E-state index contributed by atoms with van der Waals surface area (Å²) in [6, 6.07) is 6.26. The summed E-state index contributed by atoms with van der Waals surface area (Å²) in [4.78, 5) is 17.3. The van der Waals surface area contributed by atoms with Crippen LogP contribution in [0.4, 0.5) is 23.4 Å². The maximum atomic E-state index is 18.6. The summed E-state index contributed by atoms with van der Waals surface area (Å²) in [7, 11) is -5.11. The zero-order valence-corrected chi connectivity index (χ0v) is 46.1. The quantitative estimate of drug-likeness (QED) is 0.0663. The number of alkyl halides is 2. The second-order valence-electron chi connectivity index (χ2n) is 22.2. The number of rotatable bonds is 16. The lowest BCUT2D eigenvalue weighted by Crippen LogP contribution is -2.51. The molecule has 4 aromatic rings. The van der Waals surface area contributed by atoms with Crippen LogP contribution in [0.25, 0.3) is 32.9 Å². The number of halogens is 4. The van der Waals surface area contributed by atoms with Gasteiger partial charge in [0, 0.05) is 39.5 Å². The van der Waals surface area contributed by atoms with E-state index in [2.05, 4.69) is 99.5 Å². The number of aliphatic hydroxyl groups is 1. The molecule has 2 fully saturated rings. The fraction of sp³-hybridized carbons (Fsp3) is 0.648. The number of nitrogens with zero attached hydrogens (tertiary/aromatic N) is 5. The summed E-state index contributed by atoms with van der Waals surface area (Å²) in [5, 5.41) is 12.4. The van der Waals surface area contributed by atoms with Crippen LogP contribution in [-0.2, 0) is 4.74 Å². The van der Waals surface area contributed by atoms with Crippen LogP contribution in [0.15, 0.2) is 24.3 Å². The summed E-state index contributed by atoms with van der Waals surface area (Å²) >= 11 is 0. The van der Waals surface area contributed by atoms with Gasteiger partial charge in [-0.2, -0.15) is 9.97 Å². The number of hydrogen-bond donors (Lipinski definition) is 1. The zero-order valence-electron chi connectivity index (χ0n) is 47.1. The molecule has 0 spiro atoms. The van der Waals surface area contributed by atoms with Crippen LogP contribution < -0.4 is 18.8 Å². The van der Waals surface area contributed by atoms with E-state index in [4.69, 9.17) is 32.7 Å². The molecule has 0 bridgehead atoms. The summed E-state index contributed by atoms with van der Waals surface area (Å²) in [5.41, 5.74) is 1.86. The Balaban J connectivity index is 1.73. The van der Waals surface area contributed by atoms with Gasteiger partial charge in [-0.3, -0.25) is 0 Å². The molecule has 2 aliphatic heterocycles. The van der Waals surface area contributed by atoms with Gasteiger partial charge in [0.2, 0.25) is 12.3 Å². The number of fused-ring (bicyclic) bond motifs is 2. The van der Waals surface area contributed by atoms with E-state index in [-0.39, 0.29) is 131 Å². The molecule has 0 unspecified atom stereocenters. The van der Waals surface area contributed by atoms with Gasteiger partial charge >= 0.3 is 6.01 Å². The van der Waals surface area contributed by atoms with Gasteiger partial charge in [0.15, 0.2) is 5.82 Å². The smallest absolute Gasteiger partial charge is 0.319 e. The van der Waals surface area contributed by atoms with Crippen LogP contribution in [-0.4, -0.2) is 113 Å². The van der Waals surface area contributed by atoms with E-state index < -0.39 is 65.0 Å². The SMILES string of the molecule is [2H]C([2H])([2H])N1CC[C@H](C(F)F)[C@](C)(COc2nc(N3CCOC[C@@](C)(O)C3)c3c(OCC)nc(-c4cc(O[Si](C(C)C)(C(C)C)C(C)C)cc5ccc(F)c(C#C[Si](C(C)C)(C(C)C)C(C)C)c45)c(F)c3n2)C1. The van der Waals surface area contributed by atoms with Crippen molar-refractivity contribution < 1.29 is 45.4 Å². The lowest BCUT2D eigenvalue weighted by Gasteiger charge is -2.44. The van der Waals surface area contributed by atoms with Crippen LogP contribution in [0.5, 0.6) is 17.6 Å². The Bertz CT molecular complexity index is 2640. The Morgan fingerprint density at radius 3 is 2.11 bits per heavy atom. The van der Waals surface area contributed by atoms with E-state index in [1.54, 1.807) is 37.8 Å². The predicted molar refractivity (Wildman–Crippen MR) is 280 cm³/mol. The van der Waals surface area contributed by atoms with Gasteiger partial charge in [-0.05, 0) is 90.6 Å². The molecule has 2 aromatic carbocycles. The summed E-state index contributed by atoms with van der Waals surface area (Å²) in [6.07, 6.45) is -2.89. The summed E-state index contributed by atoms with van der Waals surface area (Å²) in [6.45, 7) is 28.1. The molecule has 2 aromatic heterocycles. The number of pyridine rings is 1. The molecule has 2 aliphatic rings. The first kappa shape index (κ1) is 50.9. The predicted octanol–water partition coefficient (Wildman–Crippen LogP) is 12.8. The van der Waals surface area contributed by atoms with Crippen LogP contribution in [0.3, 0.4) is 0 Å². The fourth-order valence-corrected chi connectivity index (χ4v) is 22.5. The number of benzene rings is 2. The minimum absolute atomic E-state index is 0.00469. The number of anilines is 1. The van der Waals surface area contributed by atoms with Gasteiger partial charge in [-0.25, -0.2) is 22.5 Å². The van der Waals surface area contributed by atoms with Crippen molar-refractivity contribution >= 4 is 43.9 Å². The average Bonchev–Trinajstić information content (AvgIpc) is 3.47. The third-order valence-corrected chi connectivity index (χ3v) is 27.6. The highest BCUT2D eigenvalue weighted by Gasteiger charge is 2.48. The van der Waals surface area contributed by atoms with Crippen molar-refractivity contribution in [2.24, 2.45) is 11.3 Å². The maximum Gasteiger partial charge on any atom is 0.319 e. The van der Waals surface area contributed by atoms with Crippen molar-refractivity contribution in [1.29, 1.82) is 0 Å². The van der Waals surface area contributed by atoms with Crippen LogP contribution in [0, 0.1) is 34.4 Å². The standard InChI is InChI=1S/C54H79F4N5O5Si2/c1-17-66-51-45-48(60-52(61-50(45)63-23-24-65-31-54(15,64)29-63)67-30-53(14)28-62(16)22-20-42(53)49(57)58)46(56)47(59-51)41-27-39(68-70(35(8)9,36(10)11)37(12)13)26-38-18-19-43(55)40(44(38)41)21-25-69(32(2)3,33(4)5)34(6)7/h18-19,26-27,32-37,42,49,64H,17,20,22-24,28-31H2,1-16H3/t42-,53+,54+/m1/s1/i16D3. The normalized spacial score (nSPS) is 21.8. The molecule has 0 amide bonds. The van der Waals surface area contributed by atoms with E-state index in [0.29, 0.717) is 16.5 Å². The van der Waals surface area contributed by atoms with Crippen molar-refractivity contribution in [2.75, 3.05) is 64.5 Å². The topological polar surface area (TPSA) is 102 Å². The molecular formula is C54H79F4N5O5Si2. The fourth-order valence-electron chi connectivity index (χ4n) is 12.0. The Morgan fingerprint density at radius 2 is 1.53 bits per heavy atom. The molecule has 4 heterocycles. The Hall–Kier alpha value is -4.02. The van der Waals surface area contributed by atoms with E-state index in [9.17, 15) is 13.9 Å². The molecule has 386 valence electrons. The number of likely N-dealkylation sites (tertiary alicyclic amines) is 1. The third kappa shape index (κ3) is 10.7. The highest BCUT2D eigenvalue weighted by Crippen LogP contribution is 2.48. The van der Waals surface area contributed by atoms with Gasteiger partial charge in [0.05, 0.1) is 38.5 Å². The second-order valence-corrected chi connectivity index (χ2v) is 33.1. The lowest BCUT2D eigenvalue weighted by atomic mass is 9.73. The Morgan fingerprint density at radius 1 is 0.871 bits per heavy atom. The molecular weight excluding hydrogens is 931 g/mol. The van der Waals surface area contributed by atoms with Crippen molar-refractivity contribution in [3.63, 3.8) is 0 Å². The maximum absolute atomic E-state index is 18.6. The Kier molecular flexibility index (Phi) is 15.7. The highest BCUT2D eigenvalue weighted by atomic mass is 28.4. The van der Waals surface area contributed by atoms with Crippen LogP contribution in [0.2, 0.25) is 33.2 Å². The second kappa shape index (κ2) is 21.6. The number of hydrogen-bond acceptors (Lipinski definition) is 10. The Labute approximate surface area is 421 Å². The monoisotopic (exact) mass is 1010 g/mol. The molecule has 10 nitrogen and oxygen atoms in total. The number of piperidine rings is 1. The van der Waals surface area contributed by atoms with Crippen LogP contribution >= 0.6 is 0 Å². The lowest BCUT2D eigenvalue weighted by molar-refractivity contribution is -0.0679. The summed E-state index contributed by atoms with van der Waals surface area (Å²) in [5.74, 6) is 1.09. The van der Waals surface area contributed by atoms with Crippen molar-refractivity contribution in [2.45, 2.75) is 156 Å². The summed E-state index contributed by atoms with van der Waals surface area (Å²) < 4.78 is 115. The van der Waals surface area contributed by atoms with Crippen molar-refractivity contribution in [3.8, 4) is 40.4 Å². The molecule has 0 aliphatic carbocycles. The molecule has 16 heteroatoms. The minimum Gasteiger partial charge on any atom is -0.543 e. The van der Waals surface area contributed by atoms with Gasteiger partial charge in [-0.1, -0.05) is 102 Å². The molecule has 0 saturated carbocycles.